The minimum atomic E-state index is 0.504. The van der Waals surface area contributed by atoms with Gasteiger partial charge in [-0.1, -0.05) is 30.3 Å². The highest BCUT2D eigenvalue weighted by molar-refractivity contribution is 5.34. The van der Waals surface area contributed by atoms with E-state index >= 15 is 0 Å². The smallest absolute Gasteiger partial charge is 0.0149 e. The van der Waals surface area contributed by atoms with Crippen LogP contribution >= 0.6 is 0 Å². The van der Waals surface area contributed by atoms with Gasteiger partial charge in [0.25, 0.3) is 0 Å². The first-order valence-corrected chi connectivity index (χ1v) is 6.67. The maximum absolute atomic E-state index is 3.66. The van der Waals surface area contributed by atoms with Gasteiger partial charge >= 0.3 is 0 Å². The Balaban J connectivity index is 1.85. The Labute approximate surface area is 97.2 Å². The third kappa shape index (κ3) is 0.958. The second-order valence-electron chi connectivity index (χ2n) is 5.91. The Morgan fingerprint density at radius 3 is 2.88 bits per heavy atom. The van der Waals surface area contributed by atoms with E-state index in [1.54, 1.807) is 5.56 Å². The molecular formula is C15H19N. The van der Waals surface area contributed by atoms with Crippen LogP contribution in [0.1, 0.15) is 24.8 Å². The topological polar surface area (TPSA) is 12.0 Å². The van der Waals surface area contributed by atoms with E-state index in [1.807, 2.05) is 0 Å². The molecular weight excluding hydrogens is 194 g/mol. The van der Waals surface area contributed by atoms with E-state index in [2.05, 4.69) is 35.6 Å². The zero-order valence-electron chi connectivity index (χ0n) is 9.65. The third-order valence-corrected chi connectivity index (χ3v) is 5.53. The number of rotatable bonds is 1. The highest BCUT2D eigenvalue weighted by Gasteiger charge is 2.60. The van der Waals surface area contributed by atoms with Crippen LogP contribution < -0.4 is 5.32 Å². The number of nitrogens with one attached hydrogen (secondary N) is 1. The molecule has 0 spiro atoms. The van der Waals surface area contributed by atoms with Crippen LogP contribution in [0.4, 0.5) is 0 Å². The molecule has 0 aromatic heterocycles. The highest BCUT2D eigenvalue weighted by Crippen LogP contribution is 2.61. The molecule has 3 fully saturated rings. The molecule has 4 atom stereocenters. The van der Waals surface area contributed by atoms with Gasteiger partial charge < -0.3 is 5.32 Å². The van der Waals surface area contributed by atoms with Crippen LogP contribution in [0.5, 0.6) is 0 Å². The zero-order chi connectivity index (χ0) is 10.6. The molecule has 4 unspecified atom stereocenters. The third-order valence-electron chi connectivity index (χ3n) is 5.53. The minimum absolute atomic E-state index is 0.504. The molecule has 3 aliphatic rings. The molecule has 1 heteroatoms. The lowest BCUT2D eigenvalue weighted by molar-refractivity contribution is 0.225. The Kier molecular flexibility index (Phi) is 1.79. The first kappa shape index (κ1) is 9.23. The van der Waals surface area contributed by atoms with Gasteiger partial charge in [0.05, 0.1) is 0 Å². The largest absolute Gasteiger partial charge is 0.316 e. The quantitative estimate of drug-likeness (QED) is 0.756. The summed E-state index contributed by atoms with van der Waals surface area (Å²) < 4.78 is 0. The Morgan fingerprint density at radius 2 is 2.00 bits per heavy atom. The second-order valence-corrected chi connectivity index (χ2v) is 5.91. The molecule has 4 rings (SSSR count). The van der Waals surface area contributed by atoms with Crippen molar-refractivity contribution >= 4 is 0 Å². The number of hydrogen-bond acceptors (Lipinski definition) is 1. The van der Waals surface area contributed by atoms with Crippen molar-refractivity contribution in [1.82, 2.24) is 5.32 Å². The molecule has 1 nitrogen and oxygen atoms in total. The van der Waals surface area contributed by atoms with Crippen LogP contribution in [0, 0.1) is 17.8 Å². The van der Waals surface area contributed by atoms with Crippen molar-refractivity contribution in [2.24, 2.45) is 17.8 Å². The summed E-state index contributed by atoms with van der Waals surface area (Å²) in [6.45, 7) is 2.49. The van der Waals surface area contributed by atoms with Crippen molar-refractivity contribution in [1.29, 1.82) is 0 Å². The van der Waals surface area contributed by atoms with Crippen molar-refractivity contribution in [3.8, 4) is 0 Å². The van der Waals surface area contributed by atoms with Gasteiger partial charge in [0.1, 0.15) is 0 Å². The van der Waals surface area contributed by atoms with E-state index in [9.17, 15) is 0 Å². The molecule has 0 radical (unpaired) electrons. The molecule has 1 aliphatic heterocycles. The van der Waals surface area contributed by atoms with E-state index in [-0.39, 0.29) is 0 Å². The van der Waals surface area contributed by atoms with Crippen LogP contribution in [-0.2, 0) is 5.41 Å². The summed E-state index contributed by atoms with van der Waals surface area (Å²) in [5.41, 5.74) is 2.11. The minimum Gasteiger partial charge on any atom is -0.316 e. The van der Waals surface area contributed by atoms with E-state index < -0.39 is 0 Å². The van der Waals surface area contributed by atoms with Crippen molar-refractivity contribution in [2.45, 2.75) is 24.7 Å². The van der Waals surface area contributed by atoms with Crippen molar-refractivity contribution in [3.63, 3.8) is 0 Å². The molecule has 16 heavy (non-hydrogen) atoms. The van der Waals surface area contributed by atoms with Gasteiger partial charge in [0.2, 0.25) is 0 Å². The summed E-state index contributed by atoms with van der Waals surface area (Å²) in [5, 5.41) is 3.66. The van der Waals surface area contributed by atoms with E-state index in [4.69, 9.17) is 0 Å². The van der Waals surface area contributed by atoms with E-state index in [1.165, 1.54) is 32.4 Å². The van der Waals surface area contributed by atoms with Crippen LogP contribution in [0.15, 0.2) is 30.3 Å². The van der Waals surface area contributed by atoms with Gasteiger partial charge in [0.15, 0.2) is 0 Å². The molecule has 1 N–H and O–H groups in total. The average molecular weight is 213 g/mol. The SMILES string of the molecule is c1ccc(C23CNCC2C2CCC3C2)cc1. The lowest BCUT2D eigenvalue weighted by Gasteiger charge is -2.39. The molecule has 84 valence electrons. The molecule has 1 heterocycles. The van der Waals surface area contributed by atoms with E-state index in [0.717, 1.165) is 17.8 Å². The number of fused-ring (bicyclic) bond motifs is 5. The fourth-order valence-corrected chi connectivity index (χ4v) is 4.93. The van der Waals surface area contributed by atoms with Gasteiger partial charge in [-0.2, -0.15) is 0 Å². The van der Waals surface area contributed by atoms with Gasteiger partial charge in [-0.3, -0.25) is 0 Å². The molecule has 1 aromatic carbocycles. The lowest BCUT2D eigenvalue weighted by Crippen LogP contribution is -2.40. The van der Waals surface area contributed by atoms with Crippen molar-refractivity contribution < 1.29 is 0 Å². The summed E-state index contributed by atoms with van der Waals surface area (Å²) in [6.07, 6.45) is 4.46. The first-order valence-electron chi connectivity index (χ1n) is 6.67. The maximum Gasteiger partial charge on any atom is 0.0149 e. The van der Waals surface area contributed by atoms with Crippen LogP contribution in [0.3, 0.4) is 0 Å². The average Bonchev–Trinajstić information content (AvgIpc) is 3.02. The fraction of sp³-hybridized carbons (Fsp3) is 0.600. The van der Waals surface area contributed by atoms with Crippen LogP contribution in [-0.4, -0.2) is 13.1 Å². The van der Waals surface area contributed by atoms with Crippen LogP contribution in [0.25, 0.3) is 0 Å². The Morgan fingerprint density at radius 1 is 1.12 bits per heavy atom. The highest BCUT2D eigenvalue weighted by atomic mass is 15.0. The standard InChI is InChI=1S/C15H19N/c1-2-4-12(5-3-1)15-10-16-9-14(15)11-6-7-13(15)8-11/h1-5,11,13-14,16H,6-10H2. The van der Waals surface area contributed by atoms with E-state index in [0.29, 0.717) is 5.41 Å². The summed E-state index contributed by atoms with van der Waals surface area (Å²) in [6, 6.07) is 11.3. The fourth-order valence-electron chi connectivity index (χ4n) is 4.93. The maximum atomic E-state index is 3.66. The molecule has 2 aliphatic carbocycles. The number of hydrogen-bond donors (Lipinski definition) is 1. The number of benzene rings is 1. The van der Waals surface area contributed by atoms with Gasteiger partial charge in [-0.05, 0) is 49.1 Å². The second kappa shape index (κ2) is 3.10. The Hall–Kier alpha value is -0.820. The van der Waals surface area contributed by atoms with Crippen molar-refractivity contribution in [3.05, 3.63) is 35.9 Å². The van der Waals surface area contributed by atoms with Gasteiger partial charge in [-0.25, -0.2) is 0 Å². The molecule has 0 amide bonds. The first-order chi connectivity index (χ1) is 7.91. The lowest BCUT2D eigenvalue weighted by atomic mass is 9.64. The predicted molar refractivity (Wildman–Crippen MR) is 65.3 cm³/mol. The monoisotopic (exact) mass is 213 g/mol. The summed E-state index contributed by atoms with van der Waals surface area (Å²) in [4.78, 5) is 0. The summed E-state index contributed by atoms with van der Waals surface area (Å²) in [7, 11) is 0. The summed E-state index contributed by atoms with van der Waals surface area (Å²) in [5.74, 6) is 2.90. The normalized spacial score (nSPS) is 44.9. The predicted octanol–water partition coefficient (Wildman–Crippen LogP) is 2.57. The van der Waals surface area contributed by atoms with Crippen LogP contribution in [0.2, 0.25) is 0 Å². The van der Waals surface area contributed by atoms with Crippen molar-refractivity contribution in [2.75, 3.05) is 13.1 Å². The molecule has 1 aromatic rings. The summed E-state index contributed by atoms with van der Waals surface area (Å²) >= 11 is 0. The van der Waals surface area contributed by atoms with Gasteiger partial charge in [0, 0.05) is 12.0 Å². The zero-order valence-corrected chi connectivity index (χ0v) is 9.65. The molecule has 1 saturated heterocycles. The van der Waals surface area contributed by atoms with Gasteiger partial charge in [-0.15, -0.1) is 0 Å². The molecule has 2 saturated carbocycles. The Bertz CT molecular complexity index is 399. The molecule has 2 bridgehead atoms.